The van der Waals surface area contributed by atoms with Crippen LogP contribution in [0, 0.1) is 0 Å². The number of fused-ring (bicyclic) bond motifs is 13. The molecule has 2 aliphatic rings. The number of hydrogen-bond donors (Lipinski definition) is 0. The average Bonchev–Trinajstić information content (AvgIpc) is 3.53. The normalized spacial score (nSPS) is 13.5. The van der Waals surface area contributed by atoms with E-state index in [1.54, 1.807) is 0 Å². The zero-order chi connectivity index (χ0) is 20.1. The van der Waals surface area contributed by atoms with Crippen molar-refractivity contribution in [1.29, 1.82) is 0 Å². The lowest BCUT2D eigenvalue weighted by molar-refractivity contribution is 1.16. The molecule has 8 rings (SSSR count). The van der Waals surface area contributed by atoms with Crippen molar-refractivity contribution in [3.8, 4) is 22.3 Å². The van der Waals surface area contributed by atoms with Crippen molar-refractivity contribution < 1.29 is 0 Å². The number of aromatic nitrogens is 1. The number of rotatable bonds is 0. The smallest absolute Gasteiger partial charge is 0.0535 e. The Balaban J connectivity index is 1.44. The van der Waals surface area contributed by atoms with Gasteiger partial charge >= 0.3 is 0 Å². The van der Waals surface area contributed by atoms with E-state index in [9.17, 15) is 0 Å². The zero-order valence-corrected chi connectivity index (χ0v) is 17.0. The van der Waals surface area contributed by atoms with E-state index in [0.29, 0.717) is 0 Å². The molecule has 0 saturated carbocycles. The number of nitrogens with zero attached hydrogens (tertiary/aromatic N) is 1. The van der Waals surface area contributed by atoms with Crippen LogP contribution in [-0.2, 0) is 12.8 Å². The highest BCUT2D eigenvalue weighted by Gasteiger charge is 2.28. The third-order valence-corrected chi connectivity index (χ3v) is 7.49. The number of pyridine rings is 1. The minimum atomic E-state index is 1.04. The molecule has 0 spiro atoms. The minimum absolute atomic E-state index is 1.04. The molecule has 4 aromatic carbocycles. The van der Waals surface area contributed by atoms with Gasteiger partial charge in [-0.15, -0.1) is 0 Å². The highest BCUT2D eigenvalue weighted by atomic mass is 14.9. The van der Waals surface area contributed by atoms with E-state index in [1.165, 1.54) is 71.7 Å². The van der Waals surface area contributed by atoms with Crippen LogP contribution >= 0.6 is 0 Å². The van der Waals surface area contributed by atoms with Crippen molar-refractivity contribution in [2.24, 2.45) is 0 Å². The number of benzene rings is 4. The zero-order valence-electron chi connectivity index (χ0n) is 17.0. The Bertz CT molecular complexity index is 1730. The van der Waals surface area contributed by atoms with Crippen LogP contribution < -0.4 is 0 Å². The van der Waals surface area contributed by atoms with Crippen LogP contribution in [0.1, 0.15) is 22.3 Å². The molecule has 0 saturated heterocycles. The molecule has 1 heteroatoms. The molecule has 2 heterocycles. The predicted molar refractivity (Wildman–Crippen MR) is 129 cm³/mol. The molecule has 0 amide bonds. The second kappa shape index (κ2) is 5.44. The molecule has 0 atom stereocenters. The first-order chi connectivity index (χ1) is 15.4. The van der Waals surface area contributed by atoms with E-state index >= 15 is 0 Å². The topological polar surface area (TPSA) is 4.41 Å². The lowest BCUT2D eigenvalue weighted by Gasteiger charge is -2.12. The van der Waals surface area contributed by atoms with Gasteiger partial charge in [0.2, 0.25) is 0 Å². The third-order valence-electron chi connectivity index (χ3n) is 7.49. The van der Waals surface area contributed by atoms with Gasteiger partial charge in [0.1, 0.15) is 0 Å². The average molecular weight is 393 g/mol. The van der Waals surface area contributed by atoms with Crippen LogP contribution in [0.15, 0.2) is 91.1 Å². The molecule has 0 N–H and O–H groups in total. The van der Waals surface area contributed by atoms with Gasteiger partial charge < -0.3 is 4.40 Å². The van der Waals surface area contributed by atoms with Crippen LogP contribution in [0.25, 0.3) is 49.4 Å². The molecule has 6 aromatic rings. The summed E-state index contributed by atoms with van der Waals surface area (Å²) in [7, 11) is 0. The Kier molecular flexibility index (Phi) is 2.80. The Morgan fingerprint density at radius 1 is 0.484 bits per heavy atom. The summed E-state index contributed by atoms with van der Waals surface area (Å²) >= 11 is 0. The van der Waals surface area contributed by atoms with Crippen molar-refractivity contribution in [2.75, 3.05) is 0 Å². The summed E-state index contributed by atoms with van der Waals surface area (Å²) in [5.74, 6) is 0. The van der Waals surface area contributed by atoms with Crippen LogP contribution in [0.3, 0.4) is 0 Å². The summed E-state index contributed by atoms with van der Waals surface area (Å²) in [5.41, 5.74) is 14.3. The molecule has 0 aliphatic heterocycles. The summed E-state index contributed by atoms with van der Waals surface area (Å²) in [6.07, 6.45) is 4.29. The van der Waals surface area contributed by atoms with E-state index in [2.05, 4.69) is 95.5 Å². The van der Waals surface area contributed by atoms with E-state index in [-0.39, 0.29) is 0 Å². The lowest BCUT2D eigenvalue weighted by Crippen LogP contribution is -1.91. The van der Waals surface area contributed by atoms with Crippen LogP contribution in [0.5, 0.6) is 0 Å². The number of hydrogen-bond acceptors (Lipinski definition) is 0. The van der Waals surface area contributed by atoms with E-state index in [4.69, 9.17) is 0 Å². The molecule has 31 heavy (non-hydrogen) atoms. The lowest BCUT2D eigenvalue weighted by atomic mass is 9.96. The number of para-hydroxylation sites is 1. The maximum atomic E-state index is 2.47. The quantitative estimate of drug-likeness (QED) is 0.237. The standard InChI is InChI=1S/C30H19N/c1-2-7-20-18(6-1)14-25-21(20)11-12-22-24-17-28-27(16-19(24)15-26(22)25)23-8-3-4-9-29(23)31-13-5-10-30(28)31/h1-13,16-17H,14-15H2. The van der Waals surface area contributed by atoms with Crippen molar-refractivity contribution in [3.63, 3.8) is 0 Å². The van der Waals surface area contributed by atoms with E-state index in [1.807, 2.05) is 0 Å². The largest absolute Gasteiger partial charge is 0.316 e. The first kappa shape index (κ1) is 15.9. The summed E-state index contributed by atoms with van der Waals surface area (Å²) < 4.78 is 2.33. The molecule has 1 nitrogen and oxygen atoms in total. The maximum absolute atomic E-state index is 2.47. The summed E-state index contributed by atoms with van der Waals surface area (Å²) in [6, 6.07) is 31.7. The highest BCUT2D eigenvalue weighted by Crippen LogP contribution is 2.48. The Morgan fingerprint density at radius 3 is 2.13 bits per heavy atom. The monoisotopic (exact) mass is 393 g/mol. The van der Waals surface area contributed by atoms with Gasteiger partial charge in [-0.05, 0) is 93.1 Å². The molecule has 144 valence electrons. The second-order valence-electron chi connectivity index (χ2n) is 8.96. The molecule has 2 aliphatic carbocycles. The van der Waals surface area contributed by atoms with E-state index < -0.39 is 0 Å². The van der Waals surface area contributed by atoms with Gasteiger partial charge in [0, 0.05) is 17.0 Å². The molecule has 2 aromatic heterocycles. The Hall–Kier alpha value is -3.84. The van der Waals surface area contributed by atoms with Gasteiger partial charge in [0.15, 0.2) is 0 Å². The predicted octanol–water partition coefficient (Wildman–Crippen LogP) is 7.39. The molecule has 0 fully saturated rings. The van der Waals surface area contributed by atoms with Crippen molar-refractivity contribution in [3.05, 3.63) is 113 Å². The molecular weight excluding hydrogens is 374 g/mol. The SMILES string of the molecule is c1ccc2c(c1)Cc1c-2ccc2c1Cc1cc3c4ccccc4n4cccc4c3cc1-2. The van der Waals surface area contributed by atoms with E-state index in [0.717, 1.165) is 12.8 Å². The van der Waals surface area contributed by atoms with Gasteiger partial charge in [-0.1, -0.05) is 54.6 Å². The maximum Gasteiger partial charge on any atom is 0.0535 e. The summed E-state index contributed by atoms with van der Waals surface area (Å²) in [4.78, 5) is 0. The van der Waals surface area contributed by atoms with Gasteiger partial charge in [-0.3, -0.25) is 0 Å². The van der Waals surface area contributed by atoms with Crippen LogP contribution in [-0.4, -0.2) is 4.40 Å². The summed E-state index contributed by atoms with van der Waals surface area (Å²) in [5, 5.41) is 4.05. The van der Waals surface area contributed by atoms with Gasteiger partial charge in [-0.2, -0.15) is 0 Å². The first-order valence-electron chi connectivity index (χ1n) is 11.0. The fourth-order valence-electron chi connectivity index (χ4n) is 6.12. The fraction of sp³-hybridized carbons (Fsp3) is 0.0667. The summed E-state index contributed by atoms with van der Waals surface area (Å²) in [6.45, 7) is 0. The second-order valence-corrected chi connectivity index (χ2v) is 8.96. The van der Waals surface area contributed by atoms with Gasteiger partial charge in [0.05, 0.1) is 11.0 Å². The molecule has 0 unspecified atom stereocenters. The molecule has 0 radical (unpaired) electrons. The first-order valence-corrected chi connectivity index (χ1v) is 11.0. The highest BCUT2D eigenvalue weighted by molar-refractivity contribution is 6.14. The van der Waals surface area contributed by atoms with Gasteiger partial charge in [-0.25, -0.2) is 0 Å². The van der Waals surface area contributed by atoms with Crippen molar-refractivity contribution in [1.82, 2.24) is 4.40 Å². The van der Waals surface area contributed by atoms with Crippen molar-refractivity contribution in [2.45, 2.75) is 12.8 Å². The Labute approximate surface area is 180 Å². The van der Waals surface area contributed by atoms with Crippen molar-refractivity contribution >= 4 is 27.2 Å². The Morgan fingerprint density at radius 2 is 1.19 bits per heavy atom. The van der Waals surface area contributed by atoms with Crippen LogP contribution in [0.4, 0.5) is 0 Å². The minimum Gasteiger partial charge on any atom is -0.316 e. The fourth-order valence-corrected chi connectivity index (χ4v) is 6.12. The van der Waals surface area contributed by atoms with Crippen LogP contribution in [0.2, 0.25) is 0 Å². The third kappa shape index (κ3) is 1.92. The molecular formula is C30H19N. The molecule has 0 bridgehead atoms. The van der Waals surface area contributed by atoms with Gasteiger partial charge in [0.25, 0.3) is 0 Å².